The summed E-state index contributed by atoms with van der Waals surface area (Å²) in [4.78, 5) is 2.29. The Labute approximate surface area is 132 Å². The number of benzene rings is 1. The number of hydrogen-bond acceptors (Lipinski definition) is 4. The van der Waals surface area contributed by atoms with E-state index in [0.29, 0.717) is 12.8 Å². The summed E-state index contributed by atoms with van der Waals surface area (Å²) in [5.41, 5.74) is 2.59. The number of ether oxygens (including phenoxy) is 1. The quantitative estimate of drug-likeness (QED) is 0.808. The fourth-order valence-corrected chi connectivity index (χ4v) is 2.69. The van der Waals surface area contributed by atoms with Crippen LogP contribution in [0.3, 0.4) is 0 Å². The highest BCUT2D eigenvalue weighted by atomic mass is 16.5. The third-order valence-electron chi connectivity index (χ3n) is 4.02. The SMILES string of the molecule is COc1ccc(C2=CCN(CC(C#N)CCC#N)CC2)cc1. The van der Waals surface area contributed by atoms with Gasteiger partial charge in [0.05, 0.1) is 25.2 Å². The zero-order valence-electron chi connectivity index (χ0n) is 13.0. The van der Waals surface area contributed by atoms with Crippen LogP contribution in [-0.2, 0) is 0 Å². The first-order valence-electron chi connectivity index (χ1n) is 7.59. The minimum Gasteiger partial charge on any atom is -0.497 e. The Morgan fingerprint density at radius 2 is 2.05 bits per heavy atom. The van der Waals surface area contributed by atoms with Crippen molar-refractivity contribution in [2.24, 2.45) is 5.92 Å². The lowest BCUT2D eigenvalue weighted by atomic mass is 9.98. The topological polar surface area (TPSA) is 60.0 Å². The molecule has 0 spiro atoms. The highest BCUT2D eigenvalue weighted by Crippen LogP contribution is 2.24. The molecule has 1 aromatic rings. The molecule has 114 valence electrons. The summed E-state index contributed by atoms with van der Waals surface area (Å²) < 4.78 is 5.18. The smallest absolute Gasteiger partial charge is 0.118 e. The van der Waals surface area contributed by atoms with Crippen molar-refractivity contribution in [2.45, 2.75) is 19.3 Å². The van der Waals surface area contributed by atoms with Gasteiger partial charge in [0.2, 0.25) is 0 Å². The molecule has 0 aromatic heterocycles. The van der Waals surface area contributed by atoms with Gasteiger partial charge < -0.3 is 4.74 Å². The maximum Gasteiger partial charge on any atom is 0.118 e. The van der Waals surface area contributed by atoms with Crippen LogP contribution in [0.25, 0.3) is 5.57 Å². The van der Waals surface area contributed by atoms with Crippen molar-refractivity contribution in [3.05, 3.63) is 35.9 Å². The van der Waals surface area contributed by atoms with Crippen LogP contribution in [0.15, 0.2) is 30.3 Å². The van der Waals surface area contributed by atoms with Gasteiger partial charge in [0.25, 0.3) is 0 Å². The Bertz CT molecular complexity index is 592. The molecular weight excluding hydrogens is 274 g/mol. The Hall–Kier alpha value is -2.30. The van der Waals surface area contributed by atoms with E-state index >= 15 is 0 Å². The van der Waals surface area contributed by atoms with Crippen LogP contribution in [-0.4, -0.2) is 31.6 Å². The molecule has 0 N–H and O–H groups in total. The van der Waals surface area contributed by atoms with Crippen LogP contribution in [0.4, 0.5) is 0 Å². The molecule has 0 saturated carbocycles. The van der Waals surface area contributed by atoms with E-state index in [9.17, 15) is 0 Å². The maximum absolute atomic E-state index is 9.15. The fourth-order valence-electron chi connectivity index (χ4n) is 2.69. The van der Waals surface area contributed by atoms with E-state index in [-0.39, 0.29) is 5.92 Å². The van der Waals surface area contributed by atoms with Crippen molar-refractivity contribution < 1.29 is 4.74 Å². The van der Waals surface area contributed by atoms with Crippen molar-refractivity contribution in [3.63, 3.8) is 0 Å². The normalized spacial score (nSPS) is 16.2. The lowest BCUT2D eigenvalue weighted by Crippen LogP contribution is -2.33. The van der Waals surface area contributed by atoms with Crippen LogP contribution < -0.4 is 4.74 Å². The third kappa shape index (κ3) is 4.35. The molecule has 1 heterocycles. The Morgan fingerprint density at radius 1 is 1.27 bits per heavy atom. The van der Waals surface area contributed by atoms with Crippen molar-refractivity contribution in [2.75, 3.05) is 26.7 Å². The first kappa shape index (κ1) is 16.1. The predicted octanol–water partition coefficient (Wildman–Crippen LogP) is 3.23. The van der Waals surface area contributed by atoms with Crippen LogP contribution in [0.5, 0.6) is 5.75 Å². The highest BCUT2D eigenvalue weighted by molar-refractivity contribution is 5.67. The molecule has 1 atom stereocenters. The minimum absolute atomic E-state index is 0.0458. The molecule has 0 saturated heterocycles. The number of methoxy groups -OCH3 is 1. The van der Waals surface area contributed by atoms with E-state index in [1.54, 1.807) is 7.11 Å². The second kappa shape index (κ2) is 8.22. The van der Waals surface area contributed by atoms with E-state index in [1.165, 1.54) is 11.1 Å². The molecule has 22 heavy (non-hydrogen) atoms. The molecule has 0 fully saturated rings. The van der Waals surface area contributed by atoms with Crippen molar-refractivity contribution in [3.8, 4) is 17.9 Å². The van der Waals surface area contributed by atoms with Crippen molar-refractivity contribution >= 4 is 5.57 Å². The van der Waals surface area contributed by atoms with E-state index in [1.807, 2.05) is 12.1 Å². The first-order valence-corrected chi connectivity index (χ1v) is 7.59. The fraction of sp³-hybridized carbons (Fsp3) is 0.444. The predicted molar refractivity (Wildman–Crippen MR) is 86.0 cm³/mol. The average molecular weight is 295 g/mol. The van der Waals surface area contributed by atoms with Gasteiger partial charge in [-0.2, -0.15) is 10.5 Å². The first-order chi connectivity index (χ1) is 10.8. The molecule has 4 nitrogen and oxygen atoms in total. The van der Waals surface area contributed by atoms with E-state index in [0.717, 1.165) is 31.8 Å². The Balaban J connectivity index is 1.91. The van der Waals surface area contributed by atoms with E-state index in [2.05, 4.69) is 35.2 Å². The van der Waals surface area contributed by atoms with Crippen LogP contribution in [0.1, 0.15) is 24.8 Å². The molecule has 1 unspecified atom stereocenters. The zero-order chi connectivity index (χ0) is 15.8. The van der Waals surface area contributed by atoms with Crippen molar-refractivity contribution in [1.82, 2.24) is 4.90 Å². The van der Waals surface area contributed by atoms with Crippen molar-refractivity contribution in [1.29, 1.82) is 10.5 Å². The standard InChI is InChI=1S/C18H21N3O/c1-22-18-6-4-16(5-7-18)17-8-11-21(12-9-17)14-15(13-20)3-2-10-19/h4-8,15H,2-3,9,11-12,14H2,1H3. The van der Waals surface area contributed by atoms with Gasteiger partial charge in [-0.1, -0.05) is 18.2 Å². The highest BCUT2D eigenvalue weighted by Gasteiger charge is 2.17. The maximum atomic E-state index is 9.15. The monoisotopic (exact) mass is 295 g/mol. The Morgan fingerprint density at radius 3 is 2.59 bits per heavy atom. The van der Waals surface area contributed by atoms with Gasteiger partial charge in [0.15, 0.2) is 0 Å². The minimum atomic E-state index is -0.0458. The van der Waals surface area contributed by atoms with Gasteiger partial charge >= 0.3 is 0 Å². The summed E-state index contributed by atoms with van der Waals surface area (Å²) in [5, 5.41) is 17.8. The lowest BCUT2D eigenvalue weighted by molar-refractivity contribution is 0.270. The second-order valence-corrected chi connectivity index (χ2v) is 5.49. The van der Waals surface area contributed by atoms with Gasteiger partial charge in [0.1, 0.15) is 5.75 Å². The molecule has 1 aliphatic rings. The molecular formula is C18H21N3O. The van der Waals surface area contributed by atoms with Gasteiger partial charge in [-0.05, 0) is 36.1 Å². The van der Waals surface area contributed by atoms with E-state index in [4.69, 9.17) is 15.3 Å². The van der Waals surface area contributed by atoms with Gasteiger partial charge in [-0.15, -0.1) is 0 Å². The summed E-state index contributed by atoms with van der Waals surface area (Å²) in [6.45, 7) is 2.58. The van der Waals surface area contributed by atoms with Gasteiger partial charge in [0, 0.05) is 26.1 Å². The number of nitrogens with zero attached hydrogens (tertiary/aromatic N) is 3. The molecule has 0 bridgehead atoms. The second-order valence-electron chi connectivity index (χ2n) is 5.49. The molecule has 4 heteroatoms. The summed E-state index contributed by atoms with van der Waals surface area (Å²) >= 11 is 0. The number of rotatable bonds is 6. The van der Waals surface area contributed by atoms with Gasteiger partial charge in [-0.3, -0.25) is 4.90 Å². The lowest BCUT2D eigenvalue weighted by Gasteiger charge is -2.28. The van der Waals surface area contributed by atoms with E-state index < -0.39 is 0 Å². The van der Waals surface area contributed by atoms with Gasteiger partial charge in [-0.25, -0.2) is 0 Å². The Kier molecular flexibility index (Phi) is 6.01. The number of hydrogen-bond donors (Lipinski definition) is 0. The summed E-state index contributed by atoms with van der Waals surface area (Å²) in [5.74, 6) is 0.826. The van der Waals surface area contributed by atoms with Crippen LogP contribution in [0.2, 0.25) is 0 Å². The summed E-state index contributed by atoms with van der Waals surface area (Å²) in [6.07, 6.45) is 4.35. The number of nitriles is 2. The van der Waals surface area contributed by atoms with Crippen LogP contribution in [0, 0.1) is 28.6 Å². The largest absolute Gasteiger partial charge is 0.497 e. The third-order valence-corrected chi connectivity index (χ3v) is 4.02. The average Bonchev–Trinajstić information content (AvgIpc) is 2.59. The van der Waals surface area contributed by atoms with Crippen LogP contribution >= 0.6 is 0 Å². The molecule has 1 aromatic carbocycles. The molecule has 2 rings (SSSR count). The molecule has 0 aliphatic carbocycles. The molecule has 1 aliphatic heterocycles. The zero-order valence-corrected chi connectivity index (χ0v) is 13.0. The summed E-state index contributed by atoms with van der Waals surface area (Å²) in [6, 6.07) is 12.6. The molecule has 0 amide bonds. The molecule has 0 radical (unpaired) electrons. The summed E-state index contributed by atoms with van der Waals surface area (Å²) in [7, 11) is 1.67.